The summed E-state index contributed by atoms with van der Waals surface area (Å²) in [7, 11) is 1.55. The first kappa shape index (κ1) is 21.2. The molecule has 134 valence electrons. The first-order valence-corrected chi connectivity index (χ1v) is 7.44. The van der Waals surface area contributed by atoms with Crippen molar-refractivity contribution in [1.29, 1.82) is 0 Å². The van der Waals surface area contributed by atoms with Crippen LogP contribution in [0.4, 0.5) is 10.5 Å². The van der Waals surface area contributed by atoms with Crippen molar-refractivity contribution in [3.63, 3.8) is 0 Å². The van der Waals surface area contributed by atoms with Gasteiger partial charge in [-0.1, -0.05) is 31.5 Å². The average molecular weight is 339 g/mol. The van der Waals surface area contributed by atoms with E-state index in [0.29, 0.717) is 6.54 Å². The van der Waals surface area contributed by atoms with Crippen LogP contribution in [-0.2, 0) is 0 Å². The van der Waals surface area contributed by atoms with Crippen LogP contribution in [0, 0.1) is 24.0 Å². The summed E-state index contributed by atoms with van der Waals surface area (Å²) < 4.78 is 0. The Balaban J connectivity index is 0.00000118. The largest absolute Gasteiger partial charge is 0.370 e. The van der Waals surface area contributed by atoms with Crippen molar-refractivity contribution >= 4 is 17.7 Å². The van der Waals surface area contributed by atoms with Crippen LogP contribution in [-0.4, -0.2) is 35.9 Å². The number of aliphatic imine (C=N–C) groups is 1. The number of carbonyl (C=O) groups excluding carboxylic acids is 1. The maximum Gasteiger partial charge on any atom is 0.328 e. The van der Waals surface area contributed by atoms with Crippen LogP contribution in [0.1, 0.15) is 30.9 Å². The number of hydrogen-bond donors (Lipinski definition) is 3. The van der Waals surface area contributed by atoms with Gasteiger partial charge in [-0.2, -0.15) is 0 Å². The van der Waals surface area contributed by atoms with E-state index in [1.807, 2.05) is 32.0 Å². The fourth-order valence-electron chi connectivity index (χ4n) is 2.10. The quantitative estimate of drug-likeness (QED) is 0.334. The Kier molecular flexibility index (Phi) is 9.53. The minimum Gasteiger partial charge on any atom is -0.370 e. The number of urea groups is 1. The highest BCUT2D eigenvalue weighted by molar-refractivity contribution is 6.03. The molecule has 24 heavy (non-hydrogen) atoms. The summed E-state index contributed by atoms with van der Waals surface area (Å²) in [5, 5.41) is 16.2. The summed E-state index contributed by atoms with van der Waals surface area (Å²) in [5.41, 5.74) is 8.68. The molecule has 0 radical (unpaired) electrons. The molecule has 0 spiro atoms. The standard InChI is InChI=1S/C15H24N4O.HNO3/c1-5-6-10-19(15(20)18-14(16)17-4)13-11(2)8-7-9-12(13)3;2-1(3)4/h7-9H,5-6,10H2,1-4H3,(H3,16,17,18,20);(H,2,3,4). The van der Waals surface area contributed by atoms with E-state index in [1.165, 1.54) is 0 Å². The van der Waals surface area contributed by atoms with Crippen LogP contribution >= 0.6 is 0 Å². The summed E-state index contributed by atoms with van der Waals surface area (Å²) in [5.74, 6) is 0.128. The van der Waals surface area contributed by atoms with Gasteiger partial charge in [0.2, 0.25) is 0 Å². The van der Waals surface area contributed by atoms with E-state index in [1.54, 1.807) is 11.9 Å². The maximum atomic E-state index is 12.4. The van der Waals surface area contributed by atoms with Gasteiger partial charge in [-0.25, -0.2) is 4.79 Å². The molecular formula is C15H25N5O4. The molecule has 0 aliphatic rings. The number of anilines is 1. The maximum absolute atomic E-state index is 12.4. The molecule has 0 unspecified atom stereocenters. The van der Waals surface area contributed by atoms with Crippen molar-refractivity contribution in [3.05, 3.63) is 39.4 Å². The molecule has 0 bridgehead atoms. The van der Waals surface area contributed by atoms with Gasteiger partial charge in [0.25, 0.3) is 5.09 Å². The number of amides is 2. The van der Waals surface area contributed by atoms with Gasteiger partial charge in [-0.05, 0) is 31.4 Å². The smallest absolute Gasteiger partial charge is 0.328 e. The SMILES string of the molecule is CCCCN(C(=O)NC(N)=NC)c1c(C)cccc1C.O=[N+]([O-])O. The molecule has 1 aromatic carbocycles. The highest BCUT2D eigenvalue weighted by Crippen LogP contribution is 2.25. The fourth-order valence-corrected chi connectivity index (χ4v) is 2.10. The van der Waals surface area contributed by atoms with Crippen LogP contribution in [0.25, 0.3) is 0 Å². The van der Waals surface area contributed by atoms with Crippen molar-refractivity contribution in [2.45, 2.75) is 33.6 Å². The third kappa shape index (κ3) is 7.43. The lowest BCUT2D eigenvalue weighted by Crippen LogP contribution is -2.46. The van der Waals surface area contributed by atoms with Gasteiger partial charge >= 0.3 is 6.03 Å². The summed E-state index contributed by atoms with van der Waals surface area (Å²) in [6, 6.07) is 5.77. The van der Waals surface area contributed by atoms with Crippen LogP contribution in [0.3, 0.4) is 0 Å². The lowest BCUT2D eigenvalue weighted by Gasteiger charge is -2.26. The third-order valence-electron chi connectivity index (χ3n) is 3.17. The number of nitrogens with one attached hydrogen (secondary N) is 1. The first-order valence-electron chi connectivity index (χ1n) is 7.44. The Morgan fingerprint density at radius 3 is 2.33 bits per heavy atom. The second kappa shape index (κ2) is 10.8. The Labute approximate surface area is 141 Å². The van der Waals surface area contributed by atoms with Gasteiger partial charge < -0.3 is 10.9 Å². The molecule has 1 rings (SSSR count). The number of rotatable bonds is 4. The van der Waals surface area contributed by atoms with Crippen molar-refractivity contribution in [3.8, 4) is 0 Å². The highest BCUT2D eigenvalue weighted by atomic mass is 16.9. The van der Waals surface area contributed by atoms with Crippen molar-refractivity contribution in [2.75, 3.05) is 18.5 Å². The van der Waals surface area contributed by atoms with E-state index in [-0.39, 0.29) is 12.0 Å². The summed E-state index contributed by atoms with van der Waals surface area (Å²) in [6.07, 6.45) is 1.95. The molecule has 0 aliphatic heterocycles. The Hall–Kier alpha value is -2.84. The average Bonchev–Trinajstić information content (AvgIpc) is 2.49. The number of guanidine groups is 1. The van der Waals surface area contributed by atoms with Gasteiger partial charge in [0, 0.05) is 13.6 Å². The minimum atomic E-state index is -1.50. The lowest BCUT2D eigenvalue weighted by atomic mass is 10.1. The number of nitrogens with zero attached hydrogens (tertiary/aromatic N) is 3. The first-order chi connectivity index (χ1) is 11.2. The monoisotopic (exact) mass is 339 g/mol. The van der Waals surface area contributed by atoms with E-state index in [2.05, 4.69) is 17.2 Å². The van der Waals surface area contributed by atoms with E-state index >= 15 is 0 Å². The predicted molar refractivity (Wildman–Crippen MR) is 93.0 cm³/mol. The third-order valence-corrected chi connectivity index (χ3v) is 3.17. The predicted octanol–water partition coefficient (Wildman–Crippen LogP) is 2.22. The van der Waals surface area contributed by atoms with Gasteiger partial charge in [0.1, 0.15) is 0 Å². The molecule has 9 nitrogen and oxygen atoms in total. The zero-order chi connectivity index (χ0) is 18.7. The molecule has 0 heterocycles. The Morgan fingerprint density at radius 1 is 1.42 bits per heavy atom. The molecule has 0 atom stereocenters. The number of aryl methyl sites for hydroxylation is 2. The van der Waals surface area contributed by atoms with Crippen LogP contribution in [0.5, 0.6) is 0 Å². The second-order valence-electron chi connectivity index (χ2n) is 5.02. The second-order valence-corrected chi connectivity index (χ2v) is 5.02. The van der Waals surface area contributed by atoms with Crippen molar-refractivity contribution in [1.82, 2.24) is 5.32 Å². The number of nitrogens with two attached hydrogens (primary N) is 1. The molecule has 2 amide bonds. The number of benzene rings is 1. The van der Waals surface area contributed by atoms with E-state index in [9.17, 15) is 4.79 Å². The molecule has 9 heteroatoms. The molecule has 0 aliphatic carbocycles. The molecule has 0 saturated carbocycles. The molecule has 0 fully saturated rings. The number of carbonyl (C=O) groups is 1. The normalized spacial score (nSPS) is 10.4. The summed E-state index contributed by atoms with van der Waals surface area (Å²) in [6.45, 7) is 6.77. The number of hydrogen-bond acceptors (Lipinski definition) is 4. The van der Waals surface area contributed by atoms with Gasteiger partial charge in [0.15, 0.2) is 5.96 Å². The van der Waals surface area contributed by atoms with E-state index < -0.39 is 5.09 Å². The molecule has 1 aromatic rings. The van der Waals surface area contributed by atoms with Crippen molar-refractivity contribution < 1.29 is 15.1 Å². The topological polar surface area (TPSA) is 134 Å². The molecular weight excluding hydrogens is 314 g/mol. The summed E-state index contributed by atoms with van der Waals surface area (Å²) >= 11 is 0. The Bertz CT molecular complexity index is 565. The highest BCUT2D eigenvalue weighted by Gasteiger charge is 2.19. The molecule has 0 saturated heterocycles. The zero-order valence-electron chi connectivity index (χ0n) is 14.4. The zero-order valence-corrected chi connectivity index (χ0v) is 14.4. The van der Waals surface area contributed by atoms with Gasteiger partial charge in [-0.3, -0.25) is 15.2 Å². The number of para-hydroxylation sites is 1. The van der Waals surface area contributed by atoms with Crippen molar-refractivity contribution in [2.24, 2.45) is 10.7 Å². The fraction of sp³-hybridized carbons (Fsp3) is 0.467. The van der Waals surface area contributed by atoms with Gasteiger partial charge in [0.05, 0.1) is 5.69 Å². The van der Waals surface area contributed by atoms with Gasteiger partial charge in [-0.15, -0.1) is 10.1 Å². The molecule has 0 aromatic heterocycles. The van der Waals surface area contributed by atoms with E-state index in [0.717, 1.165) is 29.7 Å². The summed E-state index contributed by atoms with van der Waals surface area (Å²) in [4.78, 5) is 26.2. The van der Waals surface area contributed by atoms with E-state index in [4.69, 9.17) is 21.1 Å². The van der Waals surface area contributed by atoms with Crippen LogP contribution in [0.2, 0.25) is 0 Å². The molecule has 4 N–H and O–H groups in total. The van der Waals surface area contributed by atoms with Crippen LogP contribution < -0.4 is 16.0 Å². The van der Waals surface area contributed by atoms with Crippen LogP contribution in [0.15, 0.2) is 23.2 Å². The lowest BCUT2D eigenvalue weighted by molar-refractivity contribution is -0.742. The number of unbranched alkanes of at least 4 members (excludes halogenated alkanes) is 1. The minimum absolute atomic E-state index is 0.128. The Morgan fingerprint density at radius 2 is 1.92 bits per heavy atom.